The molecule has 2 aromatic rings. The zero-order valence-electron chi connectivity index (χ0n) is 10.4. The molecule has 0 fully saturated rings. The lowest BCUT2D eigenvalue weighted by molar-refractivity contribution is 0.0697. The summed E-state index contributed by atoms with van der Waals surface area (Å²) >= 11 is 0. The Morgan fingerprint density at radius 1 is 1.45 bits per heavy atom. The van der Waals surface area contributed by atoms with Crippen LogP contribution < -0.4 is 11.1 Å². The Kier molecular flexibility index (Phi) is 3.38. The summed E-state index contributed by atoms with van der Waals surface area (Å²) < 4.78 is 14.9. The van der Waals surface area contributed by atoms with Crippen LogP contribution in [0.4, 0.5) is 10.1 Å². The van der Waals surface area contributed by atoms with Crippen LogP contribution in [0.1, 0.15) is 20.8 Å². The smallest absolute Gasteiger partial charge is 0.337 e. The number of aromatic nitrogens is 2. The highest BCUT2D eigenvalue weighted by Crippen LogP contribution is 2.21. The molecule has 104 valence electrons. The van der Waals surface area contributed by atoms with Crippen LogP contribution in [0.3, 0.4) is 0 Å². The number of carboxylic acids is 1. The number of benzene rings is 1. The molecule has 1 amide bonds. The zero-order chi connectivity index (χ0) is 14.9. The summed E-state index contributed by atoms with van der Waals surface area (Å²) in [5.74, 6) is -2.44. The third kappa shape index (κ3) is 2.30. The summed E-state index contributed by atoms with van der Waals surface area (Å²) in [7, 11) is 1.44. The van der Waals surface area contributed by atoms with Crippen molar-refractivity contribution < 1.29 is 19.1 Å². The predicted octanol–water partition coefficient (Wildman–Crippen LogP) is 0.651. The van der Waals surface area contributed by atoms with Crippen molar-refractivity contribution in [1.29, 1.82) is 0 Å². The molecule has 0 spiro atoms. The van der Waals surface area contributed by atoms with Gasteiger partial charge in [-0.1, -0.05) is 0 Å². The first-order chi connectivity index (χ1) is 9.43. The van der Waals surface area contributed by atoms with Gasteiger partial charge in [-0.2, -0.15) is 5.10 Å². The molecule has 0 saturated heterocycles. The molecule has 20 heavy (non-hydrogen) atoms. The van der Waals surface area contributed by atoms with Crippen molar-refractivity contribution in [2.75, 3.05) is 12.8 Å². The van der Waals surface area contributed by atoms with Gasteiger partial charge in [-0.25, -0.2) is 13.9 Å². The fourth-order valence-corrected chi connectivity index (χ4v) is 1.65. The van der Waals surface area contributed by atoms with Crippen LogP contribution >= 0.6 is 0 Å². The van der Waals surface area contributed by atoms with Crippen molar-refractivity contribution in [2.45, 2.75) is 0 Å². The molecule has 7 nitrogen and oxygen atoms in total. The number of amides is 1. The molecule has 1 heterocycles. The summed E-state index contributed by atoms with van der Waals surface area (Å²) in [6.07, 6.45) is 1.35. The van der Waals surface area contributed by atoms with E-state index in [0.717, 1.165) is 16.8 Å². The number of carbonyl (C=O) groups is 2. The number of rotatable bonds is 3. The topological polar surface area (TPSA) is 110 Å². The second-order valence-electron chi connectivity index (χ2n) is 3.92. The lowest BCUT2D eigenvalue weighted by Crippen LogP contribution is -2.18. The van der Waals surface area contributed by atoms with E-state index in [-0.39, 0.29) is 22.6 Å². The van der Waals surface area contributed by atoms with Gasteiger partial charge in [0.15, 0.2) is 11.5 Å². The number of nitrogens with zero attached hydrogens (tertiary/aromatic N) is 2. The molecule has 0 radical (unpaired) electrons. The first-order valence-electron chi connectivity index (χ1n) is 5.54. The second kappa shape index (κ2) is 5.00. The molecule has 0 bridgehead atoms. The summed E-state index contributed by atoms with van der Waals surface area (Å²) in [4.78, 5) is 22.4. The largest absolute Gasteiger partial charge is 0.478 e. The molecule has 1 aromatic heterocycles. The average Bonchev–Trinajstić information content (AvgIpc) is 2.86. The maximum absolute atomic E-state index is 13.8. The van der Waals surface area contributed by atoms with Crippen molar-refractivity contribution in [3.63, 3.8) is 0 Å². The van der Waals surface area contributed by atoms with E-state index in [9.17, 15) is 14.0 Å². The lowest BCUT2D eigenvalue weighted by Gasteiger charge is -2.07. The summed E-state index contributed by atoms with van der Waals surface area (Å²) in [5, 5.41) is 15.2. The van der Waals surface area contributed by atoms with Gasteiger partial charge < -0.3 is 16.2 Å². The quantitative estimate of drug-likeness (QED) is 0.714. The monoisotopic (exact) mass is 278 g/mol. The fraction of sp³-hybridized carbons (Fsp3) is 0.0833. The average molecular weight is 278 g/mol. The molecule has 1 aromatic carbocycles. The number of carboxylic acid groups (broad SMARTS) is 1. The Balaban J connectivity index is 2.52. The van der Waals surface area contributed by atoms with Gasteiger partial charge >= 0.3 is 5.97 Å². The highest BCUT2D eigenvalue weighted by atomic mass is 19.1. The zero-order valence-corrected chi connectivity index (χ0v) is 10.4. The van der Waals surface area contributed by atoms with Gasteiger partial charge in [0.25, 0.3) is 5.91 Å². The first kappa shape index (κ1) is 13.5. The lowest BCUT2D eigenvalue weighted by atomic mass is 10.1. The second-order valence-corrected chi connectivity index (χ2v) is 3.92. The molecule has 0 aliphatic heterocycles. The van der Waals surface area contributed by atoms with Gasteiger partial charge in [0.05, 0.1) is 5.56 Å². The normalized spacial score (nSPS) is 10.3. The Morgan fingerprint density at radius 2 is 2.15 bits per heavy atom. The van der Waals surface area contributed by atoms with Crippen molar-refractivity contribution >= 4 is 17.6 Å². The van der Waals surface area contributed by atoms with E-state index in [2.05, 4.69) is 10.4 Å². The number of hydrogen-bond acceptors (Lipinski definition) is 4. The third-order valence-electron chi connectivity index (χ3n) is 2.64. The number of nitrogens with two attached hydrogens (primary N) is 1. The van der Waals surface area contributed by atoms with Crippen LogP contribution in [0.15, 0.2) is 24.4 Å². The van der Waals surface area contributed by atoms with Gasteiger partial charge in [0, 0.05) is 18.9 Å². The predicted molar refractivity (Wildman–Crippen MR) is 68.3 cm³/mol. The number of nitrogen functional groups attached to an aromatic ring is 1. The van der Waals surface area contributed by atoms with Crippen molar-refractivity contribution in [1.82, 2.24) is 15.1 Å². The maximum atomic E-state index is 13.8. The van der Waals surface area contributed by atoms with E-state index in [4.69, 9.17) is 10.8 Å². The third-order valence-corrected chi connectivity index (χ3v) is 2.64. The molecule has 2 rings (SSSR count). The van der Waals surface area contributed by atoms with Gasteiger partial charge in [-0.15, -0.1) is 0 Å². The van der Waals surface area contributed by atoms with Crippen LogP contribution in [-0.4, -0.2) is 33.8 Å². The Bertz CT molecular complexity index is 696. The fourth-order valence-electron chi connectivity index (χ4n) is 1.65. The van der Waals surface area contributed by atoms with Crippen LogP contribution in [0, 0.1) is 5.82 Å². The number of hydrogen-bond donors (Lipinski definition) is 3. The number of anilines is 1. The van der Waals surface area contributed by atoms with Gasteiger partial charge in [-0.3, -0.25) is 4.79 Å². The SMILES string of the molecule is CNC(=O)c1ccn(-c2cc(C(=O)O)c(N)cc2F)n1. The molecular formula is C12H11FN4O3. The molecular weight excluding hydrogens is 267 g/mol. The van der Waals surface area contributed by atoms with E-state index in [0.29, 0.717) is 0 Å². The highest BCUT2D eigenvalue weighted by molar-refractivity contribution is 5.94. The summed E-state index contributed by atoms with van der Waals surface area (Å²) in [5.41, 5.74) is 4.99. The van der Waals surface area contributed by atoms with E-state index in [1.165, 1.54) is 19.3 Å². The molecule has 0 saturated carbocycles. The minimum atomic E-state index is -1.28. The highest BCUT2D eigenvalue weighted by Gasteiger charge is 2.16. The number of halogens is 1. The van der Waals surface area contributed by atoms with Gasteiger partial charge in [-0.05, 0) is 18.2 Å². The van der Waals surface area contributed by atoms with Gasteiger partial charge in [0.1, 0.15) is 5.69 Å². The summed E-state index contributed by atoms with van der Waals surface area (Å²) in [6, 6.07) is 3.35. The first-order valence-corrected chi connectivity index (χ1v) is 5.54. The molecule has 0 aliphatic rings. The number of carbonyl (C=O) groups excluding carboxylic acids is 1. The van der Waals surface area contributed by atoms with Crippen molar-refractivity contribution in [3.05, 3.63) is 41.5 Å². The Hall–Kier alpha value is -2.90. The number of nitrogens with one attached hydrogen (secondary N) is 1. The van der Waals surface area contributed by atoms with E-state index < -0.39 is 17.7 Å². The standard InChI is InChI=1S/C12H11FN4O3/c1-15-11(18)9-2-3-17(16-9)10-4-6(12(19)20)8(14)5-7(10)13/h2-5H,14H2,1H3,(H,15,18)(H,19,20). The number of aromatic carboxylic acids is 1. The van der Waals surface area contributed by atoms with Crippen molar-refractivity contribution in [3.8, 4) is 5.69 Å². The van der Waals surface area contributed by atoms with Crippen molar-refractivity contribution in [2.24, 2.45) is 0 Å². The molecule has 8 heteroatoms. The van der Waals surface area contributed by atoms with Crippen LogP contribution in [0.25, 0.3) is 5.69 Å². The van der Waals surface area contributed by atoms with Gasteiger partial charge in [0.2, 0.25) is 0 Å². The van der Waals surface area contributed by atoms with Crippen LogP contribution in [0.2, 0.25) is 0 Å². The molecule has 0 aliphatic carbocycles. The molecule has 0 atom stereocenters. The minimum Gasteiger partial charge on any atom is -0.478 e. The van der Waals surface area contributed by atoms with E-state index >= 15 is 0 Å². The van der Waals surface area contributed by atoms with Crippen LogP contribution in [-0.2, 0) is 0 Å². The van der Waals surface area contributed by atoms with E-state index in [1.54, 1.807) is 0 Å². The van der Waals surface area contributed by atoms with E-state index in [1.807, 2.05) is 0 Å². The molecule has 0 unspecified atom stereocenters. The van der Waals surface area contributed by atoms with Crippen LogP contribution in [0.5, 0.6) is 0 Å². The Morgan fingerprint density at radius 3 is 2.75 bits per heavy atom. The minimum absolute atomic E-state index is 0.0839. The Labute approximate surface area is 112 Å². The maximum Gasteiger partial charge on any atom is 0.337 e. The molecule has 4 N–H and O–H groups in total. The summed E-state index contributed by atoms with van der Waals surface area (Å²) in [6.45, 7) is 0.